The van der Waals surface area contributed by atoms with Crippen molar-refractivity contribution >= 4 is 11.3 Å². The van der Waals surface area contributed by atoms with E-state index < -0.39 is 0 Å². The van der Waals surface area contributed by atoms with Crippen molar-refractivity contribution in [2.75, 3.05) is 0 Å². The smallest absolute Gasteiger partial charge is 0.127 e. The molecule has 0 aliphatic heterocycles. The van der Waals surface area contributed by atoms with Gasteiger partial charge in [-0.15, -0.1) is 11.3 Å². The number of rotatable bonds is 3. The van der Waals surface area contributed by atoms with Crippen LogP contribution in [-0.2, 0) is 13.5 Å². The van der Waals surface area contributed by atoms with Gasteiger partial charge in [-0.25, -0.2) is 4.98 Å². The van der Waals surface area contributed by atoms with Gasteiger partial charge in [0.25, 0.3) is 0 Å². The van der Waals surface area contributed by atoms with Gasteiger partial charge in [0.2, 0.25) is 0 Å². The molecule has 0 saturated carbocycles. The molecule has 5 heteroatoms. The Labute approximate surface area is 105 Å². The minimum absolute atomic E-state index is 0.0444. The summed E-state index contributed by atoms with van der Waals surface area (Å²) in [4.78, 5) is 5.77. The van der Waals surface area contributed by atoms with Crippen LogP contribution in [0, 0.1) is 6.92 Å². The summed E-state index contributed by atoms with van der Waals surface area (Å²) in [7, 11) is 1.94. The van der Waals surface area contributed by atoms with Crippen LogP contribution in [0.2, 0.25) is 0 Å². The van der Waals surface area contributed by atoms with Gasteiger partial charge in [0.05, 0.1) is 17.0 Å². The van der Waals surface area contributed by atoms with Gasteiger partial charge in [0.1, 0.15) is 5.01 Å². The zero-order chi connectivity index (χ0) is 12.6. The van der Waals surface area contributed by atoms with E-state index in [1.807, 2.05) is 31.8 Å². The summed E-state index contributed by atoms with van der Waals surface area (Å²) in [5, 5.41) is 5.47. The number of hydrogen-bond donors (Lipinski definition) is 1. The first-order valence-corrected chi connectivity index (χ1v) is 6.60. The van der Waals surface area contributed by atoms with Crippen molar-refractivity contribution in [2.45, 2.75) is 33.2 Å². The lowest BCUT2D eigenvalue weighted by atomic mass is 10.2. The Kier molecular flexibility index (Phi) is 3.31. The highest BCUT2D eigenvalue weighted by Gasteiger charge is 2.16. The number of thiazole rings is 1. The molecule has 2 aromatic heterocycles. The molecule has 0 amide bonds. The van der Waals surface area contributed by atoms with Gasteiger partial charge >= 0.3 is 0 Å². The normalized spacial score (nSPS) is 13.0. The molecular formula is C12H18N4S. The molecule has 1 atom stereocenters. The molecule has 0 aliphatic rings. The maximum atomic E-state index is 5.93. The average Bonchev–Trinajstić information content (AvgIpc) is 2.81. The van der Waals surface area contributed by atoms with Crippen molar-refractivity contribution in [3.8, 4) is 10.6 Å². The van der Waals surface area contributed by atoms with Crippen molar-refractivity contribution < 1.29 is 0 Å². The first kappa shape index (κ1) is 12.3. The Bertz CT molecular complexity index is 525. The summed E-state index contributed by atoms with van der Waals surface area (Å²) >= 11 is 1.67. The van der Waals surface area contributed by atoms with Crippen molar-refractivity contribution in [2.24, 2.45) is 12.8 Å². The number of aryl methyl sites for hydroxylation is 3. The Morgan fingerprint density at radius 1 is 1.53 bits per heavy atom. The summed E-state index contributed by atoms with van der Waals surface area (Å²) in [6.45, 7) is 6.12. The number of nitrogens with zero attached hydrogens (tertiary/aromatic N) is 3. The Morgan fingerprint density at radius 3 is 2.76 bits per heavy atom. The summed E-state index contributed by atoms with van der Waals surface area (Å²) in [5.41, 5.74) is 9.19. The predicted molar refractivity (Wildman–Crippen MR) is 71.0 cm³/mol. The van der Waals surface area contributed by atoms with Gasteiger partial charge in [-0.2, -0.15) is 5.10 Å². The quantitative estimate of drug-likeness (QED) is 0.910. The molecule has 92 valence electrons. The molecule has 2 heterocycles. The minimum atomic E-state index is 0.0444. The Morgan fingerprint density at radius 2 is 2.24 bits per heavy atom. The van der Waals surface area contributed by atoms with Gasteiger partial charge < -0.3 is 5.73 Å². The summed E-state index contributed by atoms with van der Waals surface area (Å²) in [6, 6.07) is 0.0444. The molecule has 0 fully saturated rings. The summed E-state index contributed by atoms with van der Waals surface area (Å²) < 4.78 is 1.84. The zero-order valence-corrected chi connectivity index (χ0v) is 11.5. The number of hydrogen-bond acceptors (Lipinski definition) is 4. The van der Waals surface area contributed by atoms with E-state index in [0.29, 0.717) is 0 Å². The highest BCUT2D eigenvalue weighted by atomic mass is 32.1. The fourth-order valence-corrected chi connectivity index (χ4v) is 2.97. The molecule has 17 heavy (non-hydrogen) atoms. The largest absolute Gasteiger partial charge is 0.323 e. The fourth-order valence-electron chi connectivity index (χ4n) is 1.92. The van der Waals surface area contributed by atoms with E-state index in [1.165, 1.54) is 0 Å². The molecule has 0 spiro atoms. The SMILES string of the molecule is CCc1nn(C)cc1-c1nc(C)c(C(C)N)s1. The zero-order valence-electron chi connectivity index (χ0n) is 10.7. The van der Waals surface area contributed by atoms with Crippen LogP contribution in [0.25, 0.3) is 10.6 Å². The van der Waals surface area contributed by atoms with Crippen LogP contribution in [0.3, 0.4) is 0 Å². The topological polar surface area (TPSA) is 56.7 Å². The lowest BCUT2D eigenvalue weighted by Crippen LogP contribution is -2.03. The number of aromatic nitrogens is 3. The highest BCUT2D eigenvalue weighted by Crippen LogP contribution is 2.32. The van der Waals surface area contributed by atoms with Gasteiger partial charge in [-0.1, -0.05) is 6.92 Å². The number of nitrogens with two attached hydrogens (primary N) is 1. The minimum Gasteiger partial charge on any atom is -0.323 e. The fraction of sp³-hybridized carbons (Fsp3) is 0.500. The third-order valence-electron chi connectivity index (χ3n) is 2.72. The maximum absolute atomic E-state index is 5.93. The molecule has 1 unspecified atom stereocenters. The van der Waals surface area contributed by atoms with Crippen molar-refractivity contribution in [1.82, 2.24) is 14.8 Å². The van der Waals surface area contributed by atoms with Gasteiger partial charge in [-0.3, -0.25) is 4.68 Å². The van der Waals surface area contributed by atoms with Crippen LogP contribution in [0.4, 0.5) is 0 Å². The van der Waals surface area contributed by atoms with E-state index in [9.17, 15) is 0 Å². The van der Waals surface area contributed by atoms with Crippen molar-refractivity contribution in [3.63, 3.8) is 0 Å². The third kappa shape index (κ3) is 2.25. The molecule has 2 rings (SSSR count). The van der Waals surface area contributed by atoms with Crippen LogP contribution in [0.5, 0.6) is 0 Å². The lowest BCUT2D eigenvalue weighted by molar-refractivity contribution is 0.746. The predicted octanol–water partition coefficient (Wildman–Crippen LogP) is 2.43. The van der Waals surface area contributed by atoms with Crippen LogP contribution < -0.4 is 5.73 Å². The highest BCUT2D eigenvalue weighted by molar-refractivity contribution is 7.15. The molecule has 2 aromatic rings. The average molecular weight is 250 g/mol. The van der Waals surface area contributed by atoms with Gasteiger partial charge in [0, 0.05) is 24.2 Å². The molecule has 0 aliphatic carbocycles. The Hall–Kier alpha value is -1.20. The standard InChI is InChI=1S/C12H18N4S/c1-5-10-9(6-16(4)15-10)12-14-8(3)11(17-12)7(2)13/h6-7H,5,13H2,1-4H3. The molecule has 0 saturated heterocycles. The summed E-state index contributed by atoms with van der Waals surface area (Å²) in [6.07, 6.45) is 2.95. The molecule has 0 bridgehead atoms. The van der Waals surface area contributed by atoms with Gasteiger partial charge in [-0.05, 0) is 20.3 Å². The van der Waals surface area contributed by atoms with E-state index in [0.717, 1.165) is 33.3 Å². The summed E-state index contributed by atoms with van der Waals surface area (Å²) in [5.74, 6) is 0. The molecule has 0 radical (unpaired) electrons. The van der Waals surface area contributed by atoms with E-state index in [2.05, 4.69) is 17.0 Å². The Balaban J connectivity index is 2.49. The molecule has 0 aromatic carbocycles. The second-order valence-corrected chi connectivity index (χ2v) is 5.30. The second kappa shape index (κ2) is 4.58. The molecular weight excluding hydrogens is 232 g/mol. The third-order valence-corrected chi connectivity index (χ3v) is 4.11. The van der Waals surface area contributed by atoms with E-state index >= 15 is 0 Å². The van der Waals surface area contributed by atoms with Crippen LogP contribution >= 0.6 is 11.3 Å². The van der Waals surface area contributed by atoms with Crippen LogP contribution in [0.15, 0.2) is 6.20 Å². The first-order chi connectivity index (χ1) is 8.02. The van der Waals surface area contributed by atoms with Gasteiger partial charge in [0.15, 0.2) is 0 Å². The van der Waals surface area contributed by atoms with E-state index in [1.54, 1.807) is 11.3 Å². The first-order valence-electron chi connectivity index (χ1n) is 5.78. The monoisotopic (exact) mass is 250 g/mol. The second-order valence-electron chi connectivity index (χ2n) is 4.27. The lowest BCUT2D eigenvalue weighted by Gasteiger charge is -1.99. The van der Waals surface area contributed by atoms with E-state index in [4.69, 9.17) is 5.73 Å². The van der Waals surface area contributed by atoms with Crippen LogP contribution in [-0.4, -0.2) is 14.8 Å². The molecule has 4 nitrogen and oxygen atoms in total. The molecule has 2 N–H and O–H groups in total. The van der Waals surface area contributed by atoms with Crippen LogP contribution in [0.1, 0.15) is 36.2 Å². The maximum Gasteiger partial charge on any atom is 0.127 e. The van der Waals surface area contributed by atoms with E-state index in [-0.39, 0.29) is 6.04 Å². The van der Waals surface area contributed by atoms with Crippen molar-refractivity contribution in [3.05, 3.63) is 22.5 Å². The van der Waals surface area contributed by atoms with Crippen molar-refractivity contribution in [1.29, 1.82) is 0 Å².